The summed E-state index contributed by atoms with van der Waals surface area (Å²) in [7, 11) is -3.65. The van der Waals surface area contributed by atoms with Crippen molar-refractivity contribution in [2.24, 2.45) is 0 Å². The second-order valence-corrected chi connectivity index (χ2v) is 8.74. The van der Waals surface area contributed by atoms with Crippen LogP contribution in [0.15, 0.2) is 34.7 Å². The van der Waals surface area contributed by atoms with Crippen LogP contribution < -0.4 is 10.0 Å². The van der Waals surface area contributed by atoms with E-state index in [-0.39, 0.29) is 16.1 Å². The lowest BCUT2D eigenvalue weighted by atomic mass is 10.2. The monoisotopic (exact) mass is 373 g/mol. The second-order valence-electron chi connectivity index (χ2n) is 5.11. The third-order valence-electron chi connectivity index (χ3n) is 3.37. The highest BCUT2D eigenvalue weighted by Gasteiger charge is 2.17. The minimum atomic E-state index is -3.65. The Morgan fingerprint density at radius 2 is 2.22 bits per heavy atom. The molecular weight excluding hydrogens is 358 g/mol. The van der Waals surface area contributed by atoms with Crippen LogP contribution in [0.4, 0.5) is 11.5 Å². The Hall–Kier alpha value is -1.35. The van der Waals surface area contributed by atoms with Gasteiger partial charge in [-0.05, 0) is 37.1 Å². The number of rotatable bonds is 6. The molecule has 0 saturated carbocycles. The summed E-state index contributed by atoms with van der Waals surface area (Å²) in [5.41, 5.74) is 0.822. The first-order valence-electron chi connectivity index (χ1n) is 7.13. The van der Waals surface area contributed by atoms with Gasteiger partial charge in [0.25, 0.3) is 10.0 Å². The summed E-state index contributed by atoms with van der Waals surface area (Å²) < 4.78 is 32.9. The van der Waals surface area contributed by atoms with Gasteiger partial charge in [0.15, 0.2) is 0 Å². The molecule has 1 atom stereocenters. The van der Waals surface area contributed by atoms with Gasteiger partial charge in [-0.1, -0.05) is 11.6 Å². The van der Waals surface area contributed by atoms with Crippen molar-refractivity contribution in [2.75, 3.05) is 23.2 Å². The van der Waals surface area contributed by atoms with Crippen LogP contribution in [0.25, 0.3) is 0 Å². The number of sulfonamides is 1. The maximum absolute atomic E-state index is 12.2. The number of hydrogen-bond donors (Lipinski definition) is 2. The summed E-state index contributed by atoms with van der Waals surface area (Å²) in [5.74, 6) is 0.261. The van der Waals surface area contributed by atoms with Crippen molar-refractivity contribution in [1.82, 2.24) is 4.98 Å². The van der Waals surface area contributed by atoms with Crippen molar-refractivity contribution in [1.29, 1.82) is 0 Å². The molecule has 0 bridgehead atoms. The van der Waals surface area contributed by atoms with E-state index in [4.69, 9.17) is 16.3 Å². The van der Waals surface area contributed by atoms with E-state index in [0.717, 1.165) is 43.0 Å². The standard InChI is InChI=1S/C14H16ClN3O3S2/c15-12-4-6-14(22-12)23(19,20)18-13-5-3-10(8-17-13)16-9-11-2-1-7-21-11/h3-6,8,11,16H,1-2,7,9H2,(H,17,18). The first-order chi connectivity index (χ1) is 11.0. The van der Waals surface area contributed by atoms with Gasteiger partial charge in [0.2, 0.25) is 0 Å². The number of ether oxygens (including phenoxy) is 1. The zero-order valence-corrected chi connectivity index (χ0v) is 14.5. The highest BCUT2D eigenvalue weighted by molar-refractivity contribution is 7.94. The van der Waals surface area contributed by atoms with Gasteiger partial charge in [-0.25, -0.2) is 13.4 Å². The van der Waals surface area contributed by atoms with Gasteiger partial charge in [-0.2, -0.15) is 0 Å². The predicted octanol–water partition coefficient (Wildman–Crippen LogP) is 3.19. The van der Waals surface area contributed by atoms with Gasteiger partial charge in [0.05, 0.1) is 22.3 Å². The molecule has 124 valence electrons. The van der Waals surface area contributed by atoms with Crippen LogP contribution in [-0.4, -0.2) is 32.7 Å². The first-order valence-corrected chi connectivity index (χ1v) is 9.80. The third kappa shape index (κ3) is 4.35. The van der Waals surface area contributed by atoms with Crippen LogP contribution in [0.2, 0.25) is 4.34 Å². The van der Waals surface area contributed by atoms with E-state index in [1.54, 1.807) is 24.4 Å². The third-order valence-corrected chi connectivity index (χ3v) is 6.45. The SMILES string of the molecule is O=S(=O)(Nc1ccc(NCC2CCCO2)cn1)c1ccc(Cl)s1. The Bertz CT molecular complexity index is 756. The van der Waals surface area contributed by atoms with Crippen molar-refractivity contribution < 1.29 is 13.2 Å². The zero-order chi connectivity index (χ0) is 16.3. The maximum atomic E-state index is 12.2. The molecule has 0 aliphatic carbocycles. The lowest BCUT2D eigenvalue weighted by molar-refractivity contribution is 0.120. The van der Waals surface area contributed by atoms with Gasteiger partial charge < -0.3 is 10.1 Å². The van der Waals surface area contributed by atoms with Crippen LogP contribution in [0.1, 0.15) is 12.8 Å². The van der Waals surface area contributed by atoms with Crippen LogP contribution >= 0.6 is 22.9 Å². The Morgan fingerprint density at radius 3 is 2.83 bits per heavy atom. The van der Waals surface area contributed by atoms with Gasteiger partial charge in [-0.3, -0.25) is 4.72 Å². The lowest BCUT2D eigenvalue weighted by Crippen LogP contribution is -2.18. The highest BCUT2D eigenvalue weighted by Crippen LogP contribution is 2.27. The number of thiophene rings is 1. The fraction of sp³-hybridized carbons (Fsp3) is 0.357. The van der Waals surface area contributed by atoms with Crippen LogP contribution in [0.3, 0.4) is 0 Å². The number of nitrogens with one attached hydrogen (secondary N) is 2. The van der Waals surface area contributed by atoms with Gasteiger partial charge in [0, 0.05) is 13.2 Å². The normalized spacial score (nSPS) is 18.0. The quantitative estimate of drug-likeness (QED) is 0.812. The second kappa shape index (κ2) is 7.04. The molecule has 23 heavy (non-hydrogen) atoms. The topological polar surface area (TPSA) is 80.3 Å². The molecule has 0 aromatic carbocycles. The Kier molecular flexibility index (Phi) is 5.05. The van der Waals surface area contributed by atoms with Gasteiger partial charge in [0.1, 0.15) is 10.0 Å². The number of pyridine rings is 1. The number of aromatic nitrogens is 1. The Labute approximate surface area is 143 Å². The zero-order valence-electron chi connectivity index (χ0n) is 12.2. The average Bonchev–Trinajstić information content (AvgIpc) is 3.18. The Morgan fingerprint density at radius 1 is 1.35 bits per heavy atom. The predicted molar refractivity (Wildman–Crippen MR) is 91.8 cm³/mol. The largest absolute Gasteiger partial charge is 0.381 e. The van der Waals surface area contributed by atoms with Crippen molar-refractivity contribution >= 4 is 44.5 Å². The fourth-order valence-corrected chi connectivity index (χ4v) is 4.72. The smallest absolute Gasteiger partial charge is 0.272 e. The van der Waals surface area contributed by atoms with Crippen molar-refractivity contribution in [3.05, 3.63) is 34.8 Å². The molecule has 2 N–H and O–H groups in total. The summed E-state index contributed by atoms with van der Waals surface area (Å²) in [5, 5.41) is 3.23. The number of halogens is 1. The van der Waals surface area contributed by atoms with E-state index >= 15 is 0 Å². The molecule has 3 rings (SSSR count). The average molecular weight is 374 g/mol. The van der Waals surface area contributed by atoms with E-state index < -0.39 is 10.0 Å². The van der Waals surface area contributed by atoms with E-state index in [9.17, 15) is 8.42 Å². The van der Waals surface area contributed by atoms with E-state index in [0.29, 0.717) is 4.34 Å². The summed E-state index contributed by atoms with van der Waals surface area (Å²) in [4.78, 5) is 4.12. The molecule has 2 aromatic rings. The van der Waals surface area contributed by atoms with E-state index in [1.807, 2.05) is 0 Å². The lowest BCUT2D eigenvalue weighted by Gasteiger charge is -2.12. The molecule has 6 nitrogen and oxygen atoms in total. The molecule has 0 radical (unpaired) electrons. The molecule has 1 saturated heterocycles. The fourth-order valence-electron chi connectivity index (χ4n) is 2.23. The van der Waals surface area contributed by atoms with Crippen molar-refractivity contribution in [3.63, 3.8) is 0 Å². The number of hydrogen-bond acceptors (Lipinski definition) is 6. The van der Waals surface area contributed by atoms with Crippen LogP contribution in [0, 0.1) is 0 Å². The Balaban J connectivity index is 1.60. The molecule has 1 aliphatic heterocycles. The molecule has 9 heteroatoms. The van der Waals surface area contributed by atoms with Crippen molar-refractivity contribution in [3.8, 4) is 0 Å². The molecule has 0 amide bonds. The summed E-state index contributed by atoms with van der Waals surface area (Å²) in [6.07, 6.45) is 3.98. The van der Waals surface area contributed by atoms with E-state index in [2.05, 4.69) is 15.0 Å². The molecular formula is C14H16ClN3O3S2. The summed E-state index contributed by atoms with van der Waals surface area (Å²) >= 11 is 6.77. The summed E-state index contributed by atoms with van der Waals surface area (Å²) in [6, 6.07) is 6.41. The molecule has 2 aromatic heterocycles. The van der Waals surface area contributed by atoms with Crippen molar-refractivity contribution in [2.45, 2.75) is 23.2 Å². The number of nitrogens with zero attached hydrogens (tertiary/aromatic N) is 1. The van der Waals surface area contributed by atoms with E-state index in [1.165, 1.54) is 6.07 Å². The van der Waals surface area contributed by atoms with Crippen LogP contribution in [-0.2, 0) is 14.8 Å². The first kappa shape index (κ1) is 16.5. The molecule has 1 fully saturated rings. The van der Waals surface area contributed by atoms with Gasteiger partial charge >= 0.3 is 0 Å². The van der Waals surface area contributed by atoms with Crippen LogP contribution in [0.5, 0.6) is 0 Å². The minimum Gasteiger partial charge on any atom is -0.381 e. The molecule has 3 heterocycles. The molecule has 0 spiro atoms. The van der Waals surface area contributed by atoms with Gasteiger partial charge in [-0.15, -0.1) is 11.3 Å². The minimum absolute atomic E-state index is 0.157. The highest BCUT2D eigenvalue weighted by atomic mass is 35.5. The number of anilines is 2. The molecule has 1 aliphatic rings. The maximum Gasteiger partial charge on any atom is 0.272 e. The summed E-state index contributed by atoms with van der Waals surface area (Å²) in [6.45, 7) is 1.54. The molecule has 1 unspecified atom stereocenters.